The van der Waals surface area contributed by atoms with Crippen LogP contribution in [0.4, 0.5) is 0 Å². The van der Waals surface area contributed by atoms with Gasteiger partial charge in [-0.25, -0.2) is 0 Å². The highest BCUT2D eigenvalue weighted by molar-refractivity contribution is 5.79. The van der Waals surface area contributed by atoms with Gasteiger partial charge in [0.1, 0.15) is 5.54 Å². The zero-order valence-corrected chi connectivity index (χ0v) is 13.4. The van der Waals surface area contributed by atoms with Gasteiger partial charge in [0.25, 0.3) is 0 Å². The Hall–Kier alpha value is -1.39. The van der Waals surface area contributed by atoms with Gasteiger partial charge in [0, 0.05) is 13.7 Å². The lowest BCUT2D eigenvalue weighted by Crippen LogP contribution is -2.45. The number of nitrogens with two attached hydrogens (primary N) is 1. The number of methoxy groups -OCH3 is 1. The molecule has 1 aliphatic rings. The van der Waals surface area contributed by atoms with E-state index in [0.717, 1.165) is 25.9 Å². The van der Waals surface area contributed by atoms with Crippen LogP contribution in [0.5, 0.6) is 0 Å². The summed E-state index contributed by atoms with van der Waals surface area (Å²) in [6, 6.07) is 8.62. The predicted octanol–water partition coefficient (Wildman–Crippen LogP) is 3.10. The quantitative estimate of drug-likeness (QED) is 0.724. The first-order chi connectivity index (χ1) is 10.5. The van der Waals surface area contributed by atoms with Gasteiger partial charge in [-0.2, -0.15) is 0 Å². The minimum absolute atomic E-state index is 0.275. The molecule has 0 radical (unpaired) electrons. The maximum atomic E-state index is 11.2. The van der Waals surface area contributed by atoms with Crippen molar-refractivity contribution in [3.05, 3.63) is 35.4 Å². The molecule has 0 aliphatic heterocycles. The Kier molecular flexibility index (Phi) is 5.98. The van der Waals surface area contributed by atoms with Crippen LogP contribution >= 0.6 is 0 Å². The van der Waals surface area contributed by atoms with Gasteiger partial charge in [0.2, 0.25) is 0 Å². The van der Waals surface area contributed by atoms with Crippen LogP contribution in [0.2, 0.25) is 0 Å². The number of carbonyl (C=O) groups is 1. The molecular formula is C18H27NO3. The summed E-state index contributed by atoms with van der Waals surface area (Å²) in [5.74, 6) is -0.598. The van der Waals surface area contributed by atoms with Gasteiger partial charge in [-0.1, -0.05) is 30.7 Å². The van der Waals surface area contributed by atoms with Crippen LogP contribution in [0.3, 0.4) is 0 Å². The van der Waals surface area contributed by atoms with E-state index in [4.69, 9.17) is 10.5 Å². The van der Waals surface area contributed by atoms with Crippen molar-refractivity contribution in [2.75, 3.05) is 13.7 Å². The smallest absolute Gasteiger partial charge is 0.323 e. The number of unbranched alkanes of at least 4 members (excludes halogenated alkanes) is 2. The average Bonchev–Trinajstić information content (AvgIpc) is 2.92. The van der Waals surface area contributed by atoms with Crippen molar-refractivity contribution in [1.82, 2.24) is 0 Å². The molecule has 0 spiro atoms. The Bertz CT molecular complexity index is 486. The Morgan fingerprint density at radius 3 is 2.64 bits per heavy atom. The van der Waals surface area contributed by atoms with Crippen LogP contribution in [0.1, 0.15) is 55.6 Å². The number of aliphatic carboxylic acids is 1. The normalized spacial score (nSPS) is 24.5. The highest BCUT2D eigenvalue weighted by atomic mass is 16.5. The molecule has 2 atom stereocenters. The number of rotatable bonds is 8. The van der Waals surface area contributed by atoms with Crippen LogP contribution in [-0.4, -0.2) is 30.3 Å². The molecule has 3 N–H and O–H groups in total. The summed E-state index contributed by atoms with van der Waals surface area (Å²) in [5, 5.41) is 9.21. The molecule has 1 aliphatic carbocycles. The van der Waals surface area contributed by atoms with E-state index in [9.17, 15) is 9.90 Å². The first kappa shape index (κ1) is 17.0. The number of aryl methyl sites for hydroxylation is 1. The fourth-order valence-electron chi connectivity index (χ4n) is 3.26. The van der Waals surface area contributed by atoms with E-state index in [1.165, 1.54) is 24.0 Å². The zero-order valence-electron chi connectivity index (χ0n) is 13.4. The Labute approximate surface area is 132 Å². The Morgan fingerprint density at radius 2 is 2.05 bits per heavy atom. The molecule has 4 heteroatoms. The molecule has 22 heavy (non-hydrogen) atoms. The van der Waals surface area contributed by atoms with Crippen molar-refractivity contribution in [1.29, 1.82) is 0 Å². The molecule has 0 aromatic heterocycles. The summed E-state index contributed by atoms with van der Waals surface area (Å²) in [4.78, 5) is 11.2. The van der Waals surface area contributed by atoms with E-state index >= 15 is 0 Å². The highest BCUT2D eigenvalue weighted by Gasteiger charge is 2.42. The Morgan fingerprint density at radius 1 is 1.32 bits per heavy atom. The van der Waals surface area contributed by atoms with Gasteiger partial charge >= 0.3 is 5.97 Å². The molecule has 0 amide bonds. The zero-order chi connectivity index (χ0) is 16.0. The number of ether oxygens (including phenoxy) is 1. The molecule has 2 rings (SSSR count). The molecule has 122 valence electrons. The van der Waals surface area contributed by atoms with E-state index in [-0.39, 0.29) is 5.92 Å². The third-order valence-corrected chi connectivity index (χ3v) is 4.74. The minimum atomic E-state index is -1.04. The number of carboxylic acid groups (broad SMARTS) is 1. The first-order valence-electron chi connectivity index (χ1n) is 8.15. The van der Waals surface area contributed by atoms with Crippen LogP contribution in [0, 0.1) is 0 Å². The third kappa shape index (κ3) is 4.31. The van der Waals surface area contributed by atoms with Crippen molar-refractivity contribution in [3.63, 3.8) is 0 Å². The van der Waals surface area contributed by atoms with E-state index in [0.29, 0.717) is 12.8 Å². The average molecular weight is 305 g/mol. The number of hydrogen-bond acceptors (Lipinski definition) is 3. The van der Waals surface area contributed by atoms with E-state index in [2.05, 4.69) is 24.3 Å². The van der Waals surface area contributed by atoms with Gasteiger partial charge in [-0.15, -0.1) is 0 Å². The van der Waals surface area contributed by atoms with Crippen LogP contribution in [-0.2, 0) is 16.0 Å². The fraction of sp³-hybridized carbons (Fsp3) is 0.611. The largest absolute Gasteiger partial charge is 0.480 e. The van der Waals surface area contributed by atoms with Gasteiger partial charge in [0.15, 0.2) is 0 Å². The van der Waals surface area contributed by atoms with Gasteiger partial charge in [0.05, 0.1) is 0 Å². The minimum Gasteiger partial charge on any atom is -0.480 e. The molecule has 1 saturated carbocycles. The topological polar surface area (TPSA) is 72.5 Å². The first-order valence-corrected chi connectivity index (χ1v) is 8.15. The maximum absolute atomic E-state index is 11.2. The second-order valence-corrected chi connectivity index (χ2v) is 6.45. The summed E-state index contributed by atoms with van der Waals surface area (Å²) < 4.78 is 5.05. The summed E-state index contributed by atoms with van der Waals surface area (Å²) >= 11 is 0. The number of hydrogen-bond donors (Lipinski definition) is 2. The standard InChI is InChI=1S/C18H27NO3/c1-22-12-4-2-3-5-14-6-8-15(9-7-14)16-10-11-18(19,13-16)17(20)21/h6-9,16H,2-5,10-13,19H2,1H3,(H,20,21)/t16-,18+/m0/s1. The van der Waals surface area contributed by atoms with Gasteiger partial charge < -0.3 is 15.6 Å². The lowest BCUT2D eigenvalue weighted by atomic mass is 9.92. The predicted molar refractivity (Wildman–Crippen MR) is 87.0 cm³/mol. The monoisotopic (exact) mass is 305 g/mol. The van der Waals surface area contributed by atoms with E-state index < -0.39 is 11.5 Å². The third-order valence-electron chi connectivity index (χ3n) is 4.74. The molecule has 1 aromatic carbocycles. The second-order valence-electron chi connectivity index (χ2n) is 6.45. The van der Waals surface area contributed by atoms with Crippen molar-refractivity contribution < 1.29 is 14.6 Å². The van der Waals surface area contributed by atoms with Gasteiger partial charge in [-0.3, -0.25) is 4.79 Å². The second kappa shape index (κ2) is 7.75. The lowest BCUT2D eigenvalue weighted by Gasteiger charge is -2.18. The van der Waals surface area contributed by atoms with Crippen molar-refractivity contribution in [2.45, 2.75) is 56.4 Å². The van der Waals surface area contributed by atoms with E-state index in [1.807, 2.05) is 0 Å². The van der Waals surface area contributed by atoms with Crippen molar-refractivity contribution >= 4 is 5.97 Å². The van der Waals surface area contributed by atoms with Crippen LogP contribution in [0.15, 0.2) is 24.3 Å². The Balaban J connectivity index is 1.83. The lowest BCUT2D eigenvalue weighted by molar-refractivity contribution is -0.143. The molecular weight excluding hydrogens is 278 g/mol. The van der Waals surface area contributed by atoms with Crippen molar-refractivity contribution in [3.8, 4) is 0 Å². The maximum Gasteiger partial charge on any atom is 0.323 e. The number of carboxylic acids is 1. The highest BCUT2D eigenvalue weighted by Crippen LogP contribution is 2.39. The summed E-state index contributed by atoms with van der Waals surface area (Å²) in [5.41, 5.74) is 7.48. The van der Waals surface area contributed by atoms with E-state index in [1.54, 1.807) is 7.11 Å². The number of benzene rings is 1. The summed E-state index contributed by atoms with van der Waals surface area (Å²) in [7, 11) is 1.74. The molecule has 1 fully saturated rings. The molecule has 4 nitrogen and oxygen atoms in total. The molecule has 0 heterocycles. The molecule has 1 aromatic rings. The van der Waals surface area contributed by atoms with Crippen LogP contribution in [0.25, 0.3) is 0 Å². The van der Waals surface area contributed by atoms with Gasteiger partial charge in [-0.05, 0) is 55.6 Å². The van der Waals surface area contributed by atoms with Crippen LogP contribution < -0.4 is 5.73 Å². The summed E-state index contributed by atoms with van der Waals surface area (Å²) in [6.45, 7) is 0.838. The molecule has 0 bridgehead atoms. The summed E-state index contributed by atoms with van der Waals surface area (Å²) in [6.07, 6.45) is 6.53. The SMILES string of the molecule is COCCCCCc1ccc([C@H]2CC[C@](N)(C(=O)O)C2)cc1. The molecule has 0 unspecified atom stereocenters. The molecule has 0 saturated heterocycles. The van der Waals surface area contributed by atoms with Crippen molar-refractivity contribution in [2.24, 2.45) is 5.73 Å². The fourth-order valence-corrected chi connectivity index (χ4v) is 3.26.